The summed E-state index contributed by atoms with van der Waals surface area (Å²) in [6.45, 7) is 4.37. The normalized spacial score (nSPS) is 11.9. The van der Waals surface area contributed by atoms with Gasteiger partial charge in [-0.25, -0.2) is 0 Å². The monoisotopic (exact) mass is 300 g/mol. The lowest BCUT2D eigenvalue weighted by Gasteiger charge is -2.12. The fourth-order valence-electron chi connectivity index (χ4n) is 1.89. The van der Waals surface area contributed by atoms with Gasteiger partial charge in [0.05, 0.1) is 17.5 Å². The highest BCUT2D eigenvalue weighted by molar-refractivity contribution is 7.99. The Hall–Kier alpha value is -1.81. The first-order valence-electron chi connectivity index (χ1n) is 7.01. The van der Waals surface area contributed by atoms with Crippen LogP contribution in [0.4, 0.5) is 0 Å². The Morgan fingerprint density at radius 2 is 1.95 bits per heavy atom. The van der Waals surface area contributed by atoms with Crippen molar-refractivity contribution in [1.82, 2.24) is 10.3 Å². The molecule has 0 bridgehead atoms. The van der Waals surface area contributed by atoms with Crippen LogP contribution >= 0.6 is 11.8 Å². The Balaban J connectivity index is 1.77. The van der Waals surface area contributed by atoms with E-state index in [0.717, 1.165) is 17.1 Å². The Morgan fingerprint density at radius 1 is 1.19 bits per heavy atom. The summed E-state index contributed by atoms with van der Waals surface area (Å²) < 4.78 is 0. The van der Waals surface area contributed by atoms with E-state index in [0.29, 0.717) is 6.54 Å². The van der Waals surface area contributed by atoms with Gasteiger partial charge in [0.15, 0.2) is 0 Å². The van der Waals surface area contributed by atoms with Gasteiger partial charge in [-0.3, -0.25) is 9.78 Å². The molecular formula is C17H20N2OS. The van der Waals surface area contributed by atoms with E-state index in [2.05, 4.69) is 22.4 Å². The number of carbonyl (C=O) groups is 1. The lowest BCUT2D eigenvalue weighted by molar-refractivity contribution is -0.120. The lowest BCUT2D eigenvalue weighted by atomic mass is 10.2. The number of nitrogens with zero attached hydrogens (tertiary/aromatic N) is 1. The molecule has 0 aliphatic rings. The lowest BCUT2D eigenvalue weighted by Crippen LogP contribution is -2.30. The minimum Gasteiger partial charge on any atom is -0.349 e. The molecule has 2 aromatic rings. The molecule has 0 spiro atoms. The van der Waals surface area contributed by atoms with E-state index < -0.39 is 0 Å². The third kappa shape index (κ3) is 5.23. The number of benzene rings is 1. The van der Waals surface area contributed by atoms with E-state index >= 15 is 0 Å². The number of rotatable bonds is 6. The fraction of sp³-hybridized carbons (Fsp3) is 0.294. The minimum absolute atomic E-state index is 0.0548. The number of carbonyl (C=O) groups excluding carboxylic acids is 1. The van der Waals surface area contributed by atoms with Gasteiger partial charge in [0.2, 0.25) is 5.91 Å². The van der Waals surface area contributed by atoms with Crippen molar-refractivity contribution in [2.24, 2.45) is 0 Å². The molecule has 0 aliphatic heterocycles. The molecule has 1 aromatic heterocycles. The Bertz CT molecular complexity index is 586. The molecule has 3 nitrogen and oxygen atoms in total. The maximum absolute atomic E-state index is 12.1. The van der Waals surface area contributed by atoms with Crippen molar-refractivity contribution in [3.63, 3.8) is 0 Å². The van der Waals surface area contributed by atoms with Gasteiger partial charge in [-0.15, -0.1) is 11.8 Å². The average Bonchev–Trinajstić information content (AvgIpc) is 2.51. The van der Waals surface area contributed by atoms with Crippen LogP contribution in [0.25, 0.3) is 0 Å². The number of amides is 1. The quantitative estimate of drug-likeness (QED) is 0.890. The number of hydrogen-bond acceptors (Lipinski definition) is 3. The first-order chi connectivity index (χ1) is 10.1. The van der Waals surface area contributed by atoms with Gasteiger partial charge >= 0.3 is 0 Å². The van der Waals surface area contributed by atoms with Gasteiger partial charge in [0.25, 0.3) is 0 Å². The number of nitrogens with one attached hydrogen (secondary N) is 1. The van der Waals surface area contributed by atoms with E-state index in [4.69, 9.17) is 0 Å². The summed E-state index contributed by atoms with van der Waals surface area (Å²) in [6, 6.07) is 16.0. The van der Waals surface area contributed by atoms with Gasteiger partial charge in [-0.2, -0.15) is 0 Å². The Kier molecular flexibility index (Phi) is 5.81. The van der Waals surface area contributed by atoms with Crippen LogP contribution in [0.2, 0.25) is 0 Å². The summed E-state index contributed by atoms with van der Waals surface area (Å²) in [5.41, 5.74) is 3.10. The van der Waals surface area contributed by atoms with E-state index in [-0.39, 0.29) is 11.2 Å². The largest absolute Gasteiger partial charge is 0.349 e. The second kappa shape index (κ2) is 7.84. The first-order valence-corrected chi connectivity index (χ1v) is 8.06. The van der Waals surface area contributed by atoms with Gasteiger partial charge in [-0.05, 0) is 31.5 Å². The fourth-order valence-corrected chi connectivity index (χ4v) is 2.76. The number of thioether (sulfide) groups is 1. The van der Waals surface area contributed by atoms with Crippen LogP contribution in [0.15, 0.2) is 48.5 Å². The van der Waals surface area contributed by atoms with Crippen molar-refractivity contribution < 1.29 is 4.79 Å². The zero-order valence-corrected chi connectivity index (χ0v) is 13.2. The van der Waals surface area contributed by atoms with Crippen LogP contribution in [0.1, 0.15) is 23.9 Å². The molecule has 1 unspecified atom stereocenters. The summed E-state index contributed by atoms with van der Waals surface area (Å²) in [7, 11) is 0. The maximum atomic E-state index is 12.1. The van der Waals surface area contributed by atoms with Crippen molar-refractivity contribution >= 4 is 17.7 Å². The van der Waals surface area contributed by atoms with E-state index in [1.54, 1.807) is 11.8 Å². The molecule has 1 amide bonds. The molecule has 1 N–H and O–H groups in total. The standard InChI is InChI=1S/C17H20N2OS/c1-13-7-6-10-16(19-13)11-18-17(20)14(2)21-12-15-8-4-3-5-9-15/h3-10,14H,11-12H2,1-2H3,(H,18,20). The molecule has 0 aliphatic carbocycles. The van der Waals surface area contributed by atoms with Gasteiger partial charge in [0.1, 0.15) is 0 Å². The SMILES string of the molecule is Cc1cccc(CNC(=O)C(C)SCc2ccccc2)n1. The first kappa shape index (κ1) is 15.6. The third-order valence-corrected chi connectivity index (χ3v) is 4.32. The molecule has 0 radical (unpaired) electrons. The third-order valence-electron chi connectivity index (χ3n) is 3.10. The molecule has 4 heteroatoms. The van der Waals surface area contributed by atoms with E-state index in [1.807, 2.05) is 50.2 Å². The molecule has 21 heavy (non-hydrogen) atoms. The highest BCUT2D eigenvalue weighted by atomic mass is 32.2. The summed E-state index contributed by atoms with van der Waals surface area (Å²) in [5.74, 6) is 0.900. The smallest absolute Gasteiger partial charge is 0.233 e. The topological polar surface area (TPSA) is 42.0 Å². The van der Waals surface area contributed by atoms with Crippen LogP contribution in [-0.2, 0) is 17.1 Å². The van der Waals surface area contributed by atoms with Gasteiger partial charge < -0.3 is 5.32 Å². The molecule has 1 atom stereocenters. The van der Waals surface area contributed by atoms with Crippen molar-refractivity contribution in [3.8, 4) is 0 Å². The molecular weight excluding hydrogens is 280 g/mol. The van der Waals surface area contributed by atoms with Gasteiger partial charge in [0, 0.05) is 11.4 Å². The second-order valence-electron chi connectivity index (χ2n) is 4.93. The Labute approximate surface area is 130 Å². The molecule has 2 rings (SSSR count). The maximum Gasteiger partial charge on any atom is 0.233 e. The van der Waals surface area contributed by atoms with Crippen LogP contribution in [0.3, 0.4) is 0 Å². The van der Waals surface area contributed by atoms with Gasteiger partial charge in [-0.1, -0.05) is 36.4 Å². The molecule has 1 aromatic carbocycles. The van der Waals surface area contributed by atoms with Crippen molar-refractivity contribution in [1.29, 1.82) is 0 Å². The molecule has 0 saturated heterocycles. The molecule has 1 heterocycles. The summed E-state index contributed by atoms with van der Waals surface area (Å²) in [5, 5.41) is 2.87. The summed E-state index contributed by atoms with van der Waals surface area (Å²) in [4.78, 5) is 16.4. The predicted octanol–water partition coefficient (Wildman–Crippen LogP) is 3.33. The number of pyridine rings is 1. The predicted molar refractivity (Wildman–Crippen MR) is 88.0 cm³/mol. The van der Waals surface area contributed by atoms with E-state index in [9.17, 15) is 4.79 Å². The highest BCUT2D eigenvalue weighted by Gasteiger charge is 2.13. The average molecular weight is 300 g/mol. The summed E-state index contributed by atoms with van der Waals surface area (Å²) in [6.07, 6.45) is 0. The zero-order valence-electron chi connectivity index (χ0n) is 12.4. The van der Waals surface area contributed by atoms with Crippen molar-refractivity contribution in [3.05, 3.63) is 65.5 Å². The van der Waals surface area contributed by atoms with Crippen LogP contribution in [0.5, 0.6) is 0 Å². The molecule has 0 fully saturated rings. The van der Waals surface area contributed by atoms with Crippen molar-refractivity contribution in [2.75, 3.05) is 0 Å². The zero-order chi connectivity index (χ0) is 15.1. The molecule has 0 saturated carbocycles. The number of aromatic nitrogens is 1. The highest BCUT2D eigenvalue weighted by Crippen LogP contribution is 2.17. The molecule has 110 valence electrons. The minimum atomic E-state index is -0.0741. The Morgan fingerprint density at radius 3 is 2.67 bits per heavy atom. The van der Waals surface area contributed by atoms with E-state index in [1.165, 1.54) is 5.56 Å². The number of aryl methyl sites for hydroxylation is 1. The van der Waals surface area contributed by atoms with Crippen molar-refractivity contribution in [2.45, 2.75) is 31.4 Å². The van der Waals surface area contributed by atoms with Crippen LogP contribution < -0.4 is 5.32 Å². The second-order valence-corrected chi connectivity index (χ2v) is 6.26. The summed E-state index contributed by atoms with van der Waals surface area (Å²) >= 11 is 1.64. The van der Waals surface area contributed by atoms with Crippen LogP contribution in [-0.4, -0.2) is 16.1 Å². The van der Waals surface area contributed by atoms with Crippen LogP contribution in [0, 0.1) is 6.92 Å². The number of hydrogen-bond donors (Lipinski definition) is 1.